The van der Waals surface area contributed by atoms with Crippen molar-refractivity contribution in [1.82, 2.24) is 96.8 Å². The second-order valence-corrected chi connectivity index (χ2v) is 36.8. The van der Waals surface area contributed by atoms with Crippen LogP contribution in [0.15, 0.2) is 366 Å². The SMILES string of the molecule is C.C.C.C.C.c1ccc2c(c1)Cc1c-2ccc2c1nc1c3cccnc3c3ncccc3n21.c1ccc2c(c1)Cc1c-2ccc2c1nc1c3ccncc3c3ncccc3n21.c1ccc2c(c1)Cc1c-2ccc2c1nc1c3cnccc3c3ncccc3n21.c1ccc2c(c1)Cc1ccc3c(nc4c5cnccc5c5cccnc5n34)c1-2.c1ccc2c(c1)Cc1ccc3c(nc4c5ncccc5c5cccnc5n34)c1-2. The standard InChI is InChI=1S/5C24H14N4.5CH4/c1-2-6-16-14(5-1)13-15-9-10-19-22(20(15)16)27-24-21-17(7-3-11-25-21)18-8-4-12-26-23(18)28(19)24;1-2-6-15-14(5-1)13-18-16(15)9-10-20-21(18)27-24-17-7-3-11-25-22(17)23-19(28(20)24)8-4-12-26-23;1-2-5-16-14(4-1)12-15-7-8-20-22(21(15)16)27-24-19-13-25-11-9-17(19)18-6-3-10-26-23(18)28(20)24;1-2-5-15-14(4-1)12-18-16(15)7-8-21-23(18)27-24-17-9-11-25-13-19(17)22-20(28(21)24)6-3-10-26-22;1-2-5-15-14(4-1)12-18-16(15)7-8-21-23(18)27-24-19-13-25-11-9-17(19)22-20(28(21)24)6-3-10-26-22;;;;;/h2*1-12H,13H2;3*1-11,13H,12H2;5*1H4. The largest absolute Gasteiger partial charge is 0.290 e. The van der Waals surface area contributed by atoms with Gasteiger partial charge in [0.25, 0.3) is 0 Å². The van der Waals surface area contributed by atoms with E-state index in [0.29, 0.717) is 0 Å². The van der Waals surface area contributed by atoms with Crippen LogP contribution in [0.3, 0.4) is 0 Å². The van der Waals surface area contributed by atoms with Crippen LogP contribution in [-0.4, -0.2) is 96.8 Å². The third-order valence-corrected chi connectivity index (χ3v) is 29.6. The third-order valence-electron chi connectivity index (χ3n) is 29.6. The fraction of sp³-hybridized carbons (Fsp3) is 0.0800. The van der Waals surface area contributed by atoms with E-state index in [4.69, 9.17) is 34.9 Å². The molecule has 0 fully saturated rings. The van der Waals surface area contributed by atoms with Gasteiger partial charge in [0, 0.05) is 159 Å². The van der Waals surface area contributed by atoms with Crippen LogP contribution in [0.25, 0.3) is 248 Å². The van der Waals surface area contributed by atoms with Crippen molar-refractivity contribution in [3.63, 3.8) is 0 Å². The van der Waals surface area contributed by atoms with Crippen LogP contribution in [0.4, 0.5) is 0 Å². The molecule has 0 spiro atoms. The second kappa shape index (κ2) is 33.1. The van der Waals surface area contributed by atoms with E-state index in [1.54, 1.807) is 0 Å². The van der Waals surface area contributed by atoms with Crippen LogP contribution in [0.2, 0.25) is 0 Å². The van der Waals surface area contributed by atoms with E-state index in [-0.39, 0.29) is 37.1 Å². The summed E-state index contributed by atoms with van der Waals surface area (Å²) >= 11 is 0. The van der Waals surface area contributed by atoms with Gasteiger partial charge in [-0.1, -0.05) is 195 Å². The number of fused-ring (bicyclic) bond motifs is 60. The lowest BCUT2D eigenvalue weighted by atomic mass is 10.0. The van der Waals surface area contributed by atoms with Crippen molar-refractivity contribution < 1.29 is 0 Å². The molecule has 0 saturated heterocycles. The van der Waals surface area contributed by atoms with Crippen molar-refractivity contribution in [1.29, 1.82) is 0 Å². The quantitative estimate of drug-likeness (QED) is 0.129. The van der Waals surface area contributed by atoms with Gasteiger partial charge in [0.2, 0.25) is 0 Å². The molecule has 5 aliphatic carbocycles. The first-order valence-corrected chi connectivity index (χ1v) is 47.2. The molecule has 145 heavy (non-hydrogen) atoms. The highest BCUT2D eigenvalue weighted by atomic mass is 15.1. The highest BCUT2D eigenvalue weighted by Crippen LogP contribution is 2.50. The summed E-state index contributed by atoms with van der Waals surface area (Å²) in [6.45, 7) is 0. The number of imidazole rings is 5. The normalized spacial score (nSPS) is 12.4. The summed E-state index contributed by atoms with van der Waals surface area (Å²) in [5, 5.41) is 10.8. The van der Waals surface area contributed by atoms with E-state index in [0.717, 1.165) is 225 Å². The number of hydrogen-bond acceptors (Lipinski definition) is 15. The predicted octanol–water partition coefficient (Wildman–Crippen LogP) is 29.0. The Labute approximate surface area is 830 Å². The monoisotopic (exact) mass is 1870 g/mol. The number of aromatic nitrogens is 20. The zero-order chi connectivity index (χ0) is 91.2. The van der Waals surface area contributed by atoms with Crippen molar-refractivity contribution in [3.05, 3.63) is 421 Å². The number of benzene rings is 10. The molecule has 0 N–H and O–H groups in total. The summed E-state index contributed by atoms with van der Waals surface area (Å²) in [7, 11) is 0. The van der Waals surface area contributed by atoms with Crippen molar-refractivity contribution >= 4 is 193 Å². The molecule has 20 nitrogen and oxygen atoms in total. The molecule has 0 amide bonds. The molecule has 0 bridgehead atoms. The Kier molecular flexibility index (Phi) is 19.7. The minimum Gasteiger partial charge on any atom is -0.290 e. The lowest BCUT2D eigenvalue weighted by molar-refractivity contribution is 1.22. The Morgan fingerprint density at radius 3 is 0.959 bits per heavy atom. The van der Waals surface area contributed by atoms with Gasteiger partial charge >= 0.3 is 0 Å². The van der Waals surface area contributed by atoms with Crippen LogP contribution >= 0.6 is 0 Å². The maximum Gasteiger partial charge on any atom is 0.166 e. The van der Waals surface area contributed by atoms with Gasteiger partial charge in [-0.15, -0.1) is 0 Å². The summed E-state index contributed by atoms with van der Waals surface area (Å²) in [4.78, 5) is 71.5. The molecule has 0 unspecified atom stereocenters. The number of hydrogen-bond donors (Lipinski definition) is 0. The highest BCUT2D eigenvalue weighted by Gasteiger charge is 2.32. The molecule has 0 radical (unpaired) electrons. The van der Waals surface area contributed by atoms with Crippen LogP contribution < -0.4 is 0 Å². The zero-order valence-electron chi connectivity index (χ0n) is 74.6. The molecule has 35 rings (SSSR count). The molecular formula is C125H90N20. The molecule has 20 aromatic heterocycles. The van der Waals surface area contributed by atoms with Crippen molar-refractivity contribution in [3.8, 4) is 55.6 Å². The van der Waals surface area contributed by atoms with Gasteiger partial charge in [0.1, 0.15) is 50.4 Å². The first-order valence-electron chi connectivity index (χ1n) is 47.2. The summed E-state index contributed by atoms with van der Waals surface area (Å²) in [5.41, 5.74) is 51.8. The average molecular weight is 1870 g/mol. The average Bonchev–Trinajstić information content (AvgIpc) is 1.58. The van der Waals surface area contributed by atoms with Gasteiger partial charge in [-0.05, 0) is 246 Å². The third kappa shape index (κ3) is 12.4. The molecular weight excluding hydrogens is 1780 g/mol. The van der Waals surface area contributed by atoms with Gasteiger partial charge in [-0.2, -0.15) is 0 Å². The topological polar surface area (TPSA) is 215 Å². The fourth-order valence-corrected chi connectivity index (χ4v) is 23.7. The summed E-state index contributed by atoms with van der Waals surface area (Å²) in [6, 6.07) is 100. The summed E-state index contributed by atoms with van der Waals surface area (Å²) < 4.78 is 11.1. The van der Waals surface area contributed by atoms with Crippen LogP contribution in [-0.2, 0) is 32.1 Å². The van der Waals surface area contributed by atoms with E-state index in [1.165, 1.54) is 111 Å². The molecule has 20 heteroatoms. The van der Waals surface area contributed by atoms with Crippen LogP contribution in [0.1, 0.15) is 92.8 Å². The van der Waals surface area contributed by atoms with Gasteiger partial charge < -0.3 is 0 Å². The smallest absolute Gasteiger partial charge is 0.166 e. The molecule has 10 aromatic carbocycles. The first kappa shape index (κ1) is 86.4. The van der Waals surface area contributed by atoms with Gasteiger partial charge in [0.15, 0.2) is 5.65 Å². The molecule has 30 aromatic rings. The lowest BCUT2D eigenvalue weighted by Gasteiger charge is -2.07. The highest BCUT2D eigenvalue weighted by molar-refractivity contribution is 6.19. The minimum atomic E-state index is 0. The van der Waals surface area contributed by atoms with E-state index in [9.17, 15) is 0 Å². The molecule has 690 valence electrons. The molecule has 5 aliphatic rings. The van der Waals surface area contributed by atoms with Crippen LogP contribution in [0, 0.1) is 0 Å². The summed E-state index contributed by atoms with van der Waals surface area (Å²) in [5.74, 6) is 0. The van der Waals surface area contributed by atoms with Crippen molar-refractivity contribution in [2.24, 2.45) is 0 Å². The number of nitrogens with zero attached hydrogens (tertiary/aromatic N) is 20. The Hall–Kier alpha value is -19.0. The van der Waals surface area contributed by atoms with E-state index in [1.807, 2.05) is 135 Å². The maximum atomic E-state index is 5.16. The van der Waals surface area contributed by atoms with E-state index < -0.39 is 0 Å². The molecule has 0 atom stereocenters. The van der Waals surface area contributed by atoms with Crippen LogP contribution in [0.5, 0.6) is 0 Å². The zero-order valence-corrected chi connectivity index (χ0v) is 74.6. The molecule has 0 aliphatic heterocycles. The van der Waals surface area contributed by atoms with Crippen molar-refractivity contribution in [2.75, 3.05) is 0 Å². The Balaban J connectivity index is 0.0000000915. The minimum absolute atomic E-state index is 0. The Morgan fingerprint density at radius 2 is 0.462 bits per heavy atom. The van der Waals surface area contributed by atoms with Gasteiger partial charge in [-0.3, -0.25) is 61.9 Å². The maximum absolute atomic E-state index is 5.16. The number of pyridine rings is 15. The first-order chi connectivity index (χ1) is 69.5. The number of rotatable bonds is 0. The van der Waals surface area contributed by atoms with Crippen molar-refractivity contribution in [2.45, 2.75) is 69.2 Å². The molecule has 0 saturated carbocycles. The van der Waals surface area contributed by atoms with E-state index in [2.05, 4.69) is 292 Å². The lowest BCUT2D eigenvalue weighted by Crippen LogP contribution is -1.94. The van der Waals surface area contributed by atoms with Gasteiger partial charge in [0.05, 0.1) is 82.8 Å². The van der Waals surface area contributed by atoms with E-state index >= 15 is 0 Å². The Morgan fingerprint density at radius 1 is 0.159 bits per heavy atom. The van der Waals surface area contributed by atoms with Gasteiger partial charge in [-0.25, -0.2) is 34.9 Å². The fourth-order valence-electron chi connectivity index (χ4n) is 23.7. The second-order valence-electron chi connectivity index (χ2n) is 36.8. The Bertz CT molecular complexity index is 9970. The summed E-state index contributed by atoms with van der Waals surface area (Å²) in [6.07, 6.45) is 28.8. The predicted molar refractivity (Wildman–Crippen MR) is 591 cm³/mol. The molecule has 20 heterocycles.